The Morgan fingerprint density at radius 2 is 2.11 bits per heavy atom. The molecule has 102 valence electrons. The molecule has 4 heteroatoms. The highest BCUT2D eigenvalue weighted by molar-refractivity contribution is 9.10. The maximum absolute atomic E-state index is 5.89. The van der Waals surface area contributed by atoms with E-state index in [2.05, 4.69) is 46.0 Å². The van der Waals surface area contributed by atoms with Crippen LogP contribution in [0.1, 0.15) is 32.4 Å². The van der Waals surface area contributed by atoms with Crippen LogP contribution >= 0.6 is 15.9 Å². The number of likely N-dealkylation sites (N-methyl/N-ethyl adjacent to an activating group) is 1. The summed E-state index contributed by atoms with van der Waals surface area (Å²) in [6.07, 6.45) is 0. The second-order valence-electron chi connectivity index (χ2n) is 4.28. The van der Waals surface area contributed by atoms with Gasteiger partial charge in [-0.15, -0.1) is 0 Å². The molecule has 0 saturated carbocycles. The third kappa shape index (κ3) is 4.26. The van der Waals surface area contributed by atoms with Crippen LogP contribution in [-0.2, 0) is 4.74 Å². The predicted octanol–water partition coefficient (Wildman–Crippen LogP) is 3.33. The van der Waals surface area contributed by atoms with Gasteiger partial charge in [-0.2, -0.15) is 0 Å². The molecule has 0 aliphatic heterocycles. The highest BCUT2D eigenvalue weighted by Crippen LogP contribution is 2.28. The molecule has 0 amide bonds. The van der Waals surface area contributed by atoms with Crippen molar-refractivity contribution in [2.45, 2.75) is 26.8 Å². The summed E-state index contributed by atoms with van der Waals surface area (Å²) in [7, 11) is 0. The molecular formula is C14H23BrN2O. The summed E-state index contributed by atoms with van der Waals surface area (Å²) in [5.41, 5.74) is 8.23. The second-order valence-corrected chi connectivity index (χ2v) is 5.13. The first kappa shape index (κ1) is 15.5. The van der Waals surface area contributed by atoms with E-state index in [4.69, 9.17) is 10.5 Å². The van der Waals surface area contributed by atoms with Crippen LogP contribution in [0.3, 0.4) is 0 Å². The fourth-order valence-corrected chi connectivity index (χ4v) is 2.48. The van der Waals surface area contributed by atoms with E-state index < -0.39 is 0 Å². The molecule has 0 aliphatic rings. The van der Waals surface area contributed by atoms with Crippen LogP contribution in [0.4, 0.5) is 5.69 Å². The standard InChI is InChI=1S/C14H23BrN2O/c1-4-17(8-9-18-5-2)14-7-6-12(11(3)16)10-13(14)15/h6-7,10-11H,4-5,8-9,16H2,1-3H3/t11-/m1/s1. The zero-order chi connectivity index (χ0) is 13.5. The number of rotatable bonds is 7. The normalized spacial score (nSPS) is 12.5. The average Bonchev–Trinajstić information content (AvgIpc) is 2.35. The highest BCUT2D eigenvalue weighted by Gasteiger charge is 2.10. The van der Waals surface area contributed by atoms with Crippen molar-refractivity contribution in [1.29, 1.82) is 0 Å². The van der Waals surface area contributed by atoms with Gasteiger partial charge in [0.15, 0.2) is 0 Å². The smallest absolute Gasteiger partial charge is 0.0641 e. The van der Waals surface area contributed by atoms with Crippen LogP contribution in [0.5, 0.6) is 0 Å². The van der Waals surface area contributed by atoms with Gasteiger partial charge < -0.3 is 15.4 Å². The quantitative estimate of drug-likeness (QED) is 0.784. The minimum atomic E-state index is 0.0638. The molecular weight excluding hydrogens is 292 g/mol. The maximum atomic E-state index is 5.89. The van der Waals surface area contributed by atoms with Crippen LogP contribution in [0.2, 0.25) is 0 Å². The van der Waals surface area contributed by atoms with Gasteiger partial charge in [-0.1, -0.05) is 6.07 Å². The van der Waals surface area contributed by atoms with Crippen LogP contribution in [-0.4, -0.2) is 26.3 Å². The topological polar surface area (TPSA) is 38.5 Å². The van der Waals surface area contributed by atoms with Crippen LogP contribution < -0.4 is 10.6 Å². The number of halogens is 1. The first-order valence-corrected chi connectivity index (χ1v) is 7.27. The third-order valence-electron chi connectivity index (χ3n) is 2.93. The number of nitrogens with two attached hydrogens (primary N) is 1. The van der Waals surface area contributed by atoms with Gasteiger partial charge >= 0.3 is 0 Å². The van der Waals surface area contributed by atoms with E-state index >= 15 is 0 Å². The molecule has 0 aromatic heterocycles. The molecule has 1 aromatic carbocycles. The van der Waals surface area contributed by atoms with Gasteiger partial charge in [0.05, 0.1) is 12.3 Å². The van der Waals surface area contributed by atoms with Gasteiger partial charge in [-0.3, -0.25) is 0 Å². The lowest BCUT2D eigenvalue weighted by molar-refractivity contribution is 0.154. The molecule has 1 aromatic rings. The number of hydrogen-bond donors (Lipinski definition) is 1. The van der Waals surface area contributed by atoms with Crippen molar-refractivity contribution in [1.82, 2.24) is 0 Å². The lowest BCUT2D eigenvalue weighted by Gasteiger charge is -2.25. The molecule has 0 spiro atoms. The second kappa shape index (κ2) is 7.77. The summed E-state index contributed by atoms with van der Waals surface area (Å²) in [5.74, 6) is 0. The van der Waals surface area contributed by atoms with Gasteiger partial charge in [-0.25, -0.2) is 0 Å². The minimum Gasteiger partial charge on any atom is -0.380 e. The van der Waals surface area contributed by atoms with E-state index in [9.17, 15) is 0 Å². The van der Waals surface area contributed by atoms with Crippen molar-refractivity contribution in [3.63, 3.8) is 0 Å². The summed E-state index contributed by atoms with van der Waals surface area (Å²) in [6, 6.07) is 6.38. The summed E-state index contributed by atoms with van der Waals surface area (Å²) < 4.78 is 6.51. The van der Waals surface area contributed by atoms with E-state index in [1.54, 1.807) is 0 Å². The Balaban J connectivity index is 2.79. The molecule has 0 heterocycles. The molecule has 0 bridgehead atoms. The molecule has 2 N–H and O–H groups in total. The van der Waals surface area contributed by atoms with E-state index in [0.717, 1.165) is 36.3 Å². The number of anilines is 1. The fraction of sp³-hybridized carbons (Fsp3) is 0.571. The van der Waals surface area contributed by atoms with E-state index in [0.29, 0.717) is 0 Å². The predicted molar refractivity (Wildman–Crippen MR) is 81.1 cm³/mol. The minimum absolute atomic E-state index is 0.0638. The zero-order valence-corrected chi connectivity index (χ0v) is 13.0. The maximum Gasteiger partial charge on any atom is 0.0641 e. The summed E-state index contributed by atoms with van der Waals surface area (Å²) in [4.78, 5) is 2.30. The van der Waals surface area contributed by atoms with Crippen molar-refractivity contribution in [3.8, 4) is 0 Å². The van der Waals surface area contributed by atoms with Crippen molar-refractivity contribution < 1.29 is 4.74 Å². The monoisotopic (exact) mass is 314 g/mol. The summed E-state index contributed by atoms with van der Waals surface area (Å²) in [5, 5.41) is 0. The van der Waals surface area contributed by atoms with Crippen molar-refractivity contribution >= 4 is 21.6 Å². The Bertz CT molecular complexity index is 369. The first-order chi connectivity index (χ1) is 8.60. The van der Waals surface area contributed by atoms with E-state index in [1.807, 2.05) is 13.8 Å². The van der Waals surface area contributed by atoms with Gasteiger partial charge in [0.25, 0.3) is 0 Å². The molecule has 1 atom stereocenters. The van der Waals surface area contributed by atoms with Gasteiger partial charge in [-0.05, 0) is 54.4 Å². The Kier molecular flexibility index (Phi) is 6.68. The molecule has 18 heavy (non-hydrogen) atoms. The summed E-state index contributed by atoms with van der Waals surface area (Å²) in [6.45, 7) is 9.55. The lowest BCUT2D eigenvalue weighted by Crippen LogP contribution is -2.27. The fourth-order valence-electron chi connectivity index (χ4n) is 1.83. The van der Waals surface area contributed by atoms with Gasteiger partial charge in [0.1, 0.15) is 0 Å². The molecule has 3 nitrogen and oxygen atoms in total. The van der Waals surface area contributed by atoms with Crippen LogP contribution in [0, 0.1) is 0 Å². The number of benzene rings is 1. The van der Waals surface area contributed by atoms with Crippen LogP contribution in [0.25, 0.3) is 0 Å². The largest absolute Gasteiger partial charge is 0.380 e. The number of nitrogens with zero attached hydrogens (tertiary/aromatic N) is 1. The van der Waals surface area contributed by atoms with Crippen molar-refractivity contribution in [3.05, 3.63) is 28.2 Å². The van der Waals surface area contributed by atoms with Crippen molar-refractivity contribution in [2.75, 3.05) is 31.2 Å². The van der Waals surface area contributed by atoms with Crippen molar-refractivity contribution in [2.24, 2.45) is 5.73 Å². The van der Waals surface area contributed by atoms with Gasteiger partial charge in [0.2, 0.25) is 0 Å². The first-order valence-electron chi connectivity index (χ1n) is 6.47. The van der Waals surface area contributed by atoms with Gasteiger partial charge in [0, 0.05) is 30.2 Å². The van der Waals surface area contributed by atoms with E-state index in [-0.39, 0.29) is 6.04 Å². The van der Waals surface area contributed by atoms with E-state index in [1.165, 1.54) is 5.69 Å². The molecule has 0 unspecified atom stereocenters. The number of ether oxygens (including phenoxy) is 1. The zero-order valence-electron chi connectivity index (χ0n) is 11.4. The number of hydrogen-bond acceptors (Lipinski definition) is 3. The molecule has 0 aliphatic carbocycles. The molecule has 0 fully saturated rings. The average molecular weight is 315 g/mol. The SMILES string of the molecule is CCOCCN(CC)c1ccc([C@@H](C)N)cc1Br. The lowest BCUT2D eigenvalue weighted by atomic mass is 10.1. The molecule has 0 saturated heterocycles. The Morgan fingerprint density at radius 1 is 1.39 bits per heavy atom. The molecule has 1 rings (SSSR count). The Hall–Kier alpha value is -0.580. The Morgan fingerprint density at radius 3 is 2.61 bits per heavy atom. The van der Waals surface area contributed by atoms with Crippen LogP contribution in [0.15, 0.2) is 22.7 Å². The molecule has 0 radical (unpaired) electrons. The third-order valence-corrected chi connectivity index (χ3v) is 3.56. The Labute approximate surface area is 118 Å². The highest BCUT2D eigenvalue weighted by atomic mass is 79.9. The summed E-state index contributed by atoms with van der Waals surface area (Å²) >= 11 is 3.63.